The van der Waals surface area contributed by atoms with Crippen LogP contribution in [0.4, 0.5) is 0 Å². The van der Waals surface area contributed by atoms with Crippen molar-refractivity contribution < 1.29 is 0 Å². The van der Waals surface area contributed by atoms with Crippen molar-refractivity contribution in [2.24, 2.45) is 17.3 Å². The van der Waals surface area contributed by atoms with Crippen molar-refractivity contribution in [1.29, 1.82) is 0 Å². The highest BCUT2D eigenvalue weighted by molar-refractivity contribution is 9.09. The third-order valence-electron chi connectivity index (χ3n) is 2.91. The molecule has 0 saturated carbocycles. The summed E-state index contributed by atoms with van der Waals surface area (Å²) in [6, 6.07) is 0. The lowest BCUT2D eigenvalue weighted by atomic mass is 9.78. The summed E-state index contributed by atoms with van der Waals surface area (Å²) in [4.78, 5) is 0. The first-order valence-corrected chi connectivity index (χ1v) is 6.11. The van der Waals surface area contributed by atoms with Gasteiger partial charge in [-0.25, -0.2) is 0 Å². The first-order valence-electron chi connectivity index (χ1n) is 4.99. The van der Waals surface area contributed by atoms with Gasteiger partial charge in [0.25, 0.3) is 0 Å². The summed E-state index contributed by atoms with van der Waals surface area (Å²) >= 11 is 3.60. The molecule has 0 rings (SSSR count). The molecule has 1 heteroatoms. The Morgan fingerprint density at radius 3 is 2.00 bits per heavy atom. The predicted octanol–water partition coefficient (Wildman–Crippen LogP) is 4.48. The van der Waals surface area contributed by atoms with Gasteiger partial charge in [0.1, 0.15) is 0 Å². The monoisotopic (exact) mass is 234 g/mol. The Morgan fingerprint density at radius 1 is 1.25 bits per heavy atom. The molecule has 0 aliphatic heterocycles. The van der Waals surface area contributed by atoms with E-state index in [0.29, 0.717) is 5.41 Å². The maximum atomic E-state index is 3.60. The number of halogens is 1. The topological polar surface area (TPSA) is 0 Å². The zero-order valence-electron chi connectivity index (χ0n) is 9.15. The molecule has 0 saturated heterocycles. The van der Waals surface area contributed by atoms with Crippen LogP contribution < -0.4 is 0 Å². The van der Waals surface area contributed by atoms with E-state index in [4.69, 9.17) is 0 Å². The second-order valence-corrected chi connectivity index (χ2v) is 5.53. The zero-order chi connectivity index (χ0) is 9.78. The van der Waals surface area contributed by atoms with Gasteiger partial charge in [-0.2, -0.15) is 0 Å². The fourth-order valence-electron chi connectivity index (χ4n) is 1.32. The Kier molecular flexibility index (Phi) is 5.47. The van der Waals surface area contributed by atoms with Crippen molar-refractivity contribution in [1.82, 2.24) is 0 Å². The number of rotatable bonds is 5. The van der Waals surface area contributed by atoms with Gasteiger partial charge in [-0.05, 0) is 23.7 Å². The van der Waals surface area contributed by atoms with E-state index in [1.807, 2.05) is 0 Å². The molecule has 0 aromatic carbocycles. The highest BCUT2D eigenvalue weighted by Gasteiger charge is 2.22. The second kappa shape index (κ2) is 5.26. The molecule has 0 heterocycles. The highest BCUT2D eigenvalue weighted by Crippen LogP contribution is 2.32. The van der Waals surface area contributed by atoms with E-state index < -0.39 is 0 Å². The average Bonchev–Trinajstić information content (AvgIpc) is 2.00. The molecule has 0 aliphatic rings. The molecule has 0 fully saturated rings. The fraction of sp³-hybridized carbons (Fsp3) is 1.00. The third-order valence-corrected chi connectivity index (χ3v) is 3.74. The van der Waals surface area contributed by atoms with Crippen LogP contribution >= 0.6 is 15.9 Å². The molecular weight excluding hydrogens is 212 g/mol. The molecule has 0 radical (unpaired) electrons. The van der Waals surface area contributed by atoms with Crippen molar-refractivity contribution >= 4 is 15.9 Å². The molecule has 0 aliphatic carbocycles. The summed E-state index contributed by atoms with van der Waals surface area (Å²) < 4.78 is 0. The van der Waals surface area contributed by atoms with Crippen LogP contribution in [-0.4, -0.2) is 5.33 Å². The molecule has 0 nitrogen and oxygen atoms in total. The maximum absolute atomic E-state index is 3.60. The van der Waals surface area contributed by atoms with Crippen LogP contribution in [0.5, 0.6) is 0 Å². The number of hydrogen-bond donors (Lipinski definition) is 0. The summed E-state index contributed by atoms with van der Waals surface area (Å²) in [5.41, 5.74) is 0.517. The van der Waals surface area contributed by atoms with Crippen molar-refractivity contribution in [3.05, 3.63) is 0 Å². The quantitative estimate of drug-likeness (QED) is 0.616. The van der Waals surface area contributed by atoms with Gasteiger partial charge in [0.15, 0.2) is 0 Å². The number of hydrogen-bond acceptors (Lipinski definition) is 0. The van der Waals surface area contributed by atoms with E-state index >= 15 is 0 Å². The van der Waals surface area contributed by atoms with Crippen molar-refractivity contribution in [3.63, 3.8) is 0 Å². The Morgan fingerprint density at radius 2 is 1.75 bits per heavy atom. The first kappa shape index (κ1) is 12.5. The minimum Gasteiger partial charge on any atom is -0.0925 e. The number of alkyl halides is 1. The first-order chi connectivity index (χ1) is 5.43. The lowest BCUT2D eigenvalue weighted by Crippen LogP contribution is -2.20. The van der Waals surface area contributed by atoms with Gasteiger partial charge in [-0.15, -0.1) is 0 Å². The molecule has 0 aromatic heterocycles. The molecular formula is C11H23Br. The molecule has 0 bridgehead atoms. The van der Waals surface area contributed by atoms with Crippen LogP contribution in [-0.2, 0) is 0 Å². The normalized spacial score (nSPS) is 15.2. The van der Waals surface area contributed by atoms with E-state index in [0.717, 1.165) is 17.2 Å². The molecule has 0 spiro atoms. The Bertz CT molecular complexity index is 116. The second-order valence-electron chi connectivity index (χ2n) is 4.88. The summed E-state index contributed by atoms with van der Waals surface area (Å²) in [6.45, 7) is 11.6. The van der Waals surface area contributed by atoms with E-state index in [1.165, 1.54) is 12.8 Å². The van der Waals surface area contributed by atoms with Crippen molar-refractivity contribution in [3.8, 4) is 0 Å². The van der Waals surface area contributed by atoms with Crippen LogP contribution in [0.25, 0.3) is 0 Å². The van der Waals surface area contributed by atoms with Crippen molar-refractivity contribution in [2.75, 3.05) is 5.33 Å². The minimum absolute atomic E-state index is 0.517. The summed E-state index contributed by atoms with van der Waals surface area (Å²) in [6.07, 6.45) is 2.62. The average molecular weight is 235 g/mol. The standard InChI is InChI=1S/C11H23Br/c1-6-11(4,5)7-10(8-12)9(2)3/h9-10H,6-8H2,1-5H3. The minimum atomic E-state index is 0.517. The van der Waals surface area contributed by atoms with Gasteiger partial charge in [-0.1, -0.05) is 57.0 Å². The molecule has 74 valence electrons. The fourth-order valence-corrected chi connectivity index (χ4v) is 2.30. The molecule has 12 heavy (non-hydrogen) atoms. The van der Waals surface area contributed by atoms with Gasteiger partial charge >= 0.3 is 0 Å². The van der Waals surface area contributed by atoms with Crippen molar-refractivity contribution in [2.45, 2.75) is 47.5 Å². The van der Waals surface area contributed by atoms with Crippen LogP contribution in [0.15, 0.2) is 0 Å². The van der Waals surface area contributed by atoms with Crippen LogP contribution in [0.1, 0.15) is 47.5 Å². The summed E-state index contributed by atoms with van der Waals surface area (Å²) in [5, 5.41) is 1.15. The highest BCUT2D eigenvalue weighted by atomic mass is 79.9. The third kappa shape index (κ3) is 4.49. The van der Waals surface area contributed by atoms with Gasteiger partial charge in [0.05, 0.1) is 0 Å². The molecule has 1 unspecified atom stereocenters. The zero-order valence-corrected chi connectivity index (χ0v) is 10.7. The van der Waals surface area contributed by atoms with E-state index in [9.17, 15) is 0 Å². The molecule has 0 N–H and O–H groups in total. The maximum Gasteiger partial charge on any atom is 0.00623 e. The summed E-state index contributed by atoms with van der Waals surface area (Å²) in [5.74, 6) is 1.63. The largest absolute Gasteiger partial charge is 0.0925 e. The van der Waals surface area contributed by atoms with Gasteiger partial charge in [0.2, 0.25) is 0 Å². The molecule has 1 atom stereocenters. The van der Waals surface area contributed by atoms with Crippen LogP contribution in [0, 0.1) is 17.3 Å². The molecule has 0 amide bonds. The lowest BCUT2D eigenvalue weighted by Gasteiger charge is -2.29. The summed E-state index contributed by atoms with van der Waals surface area (Å²) in [7, 11) is 0. The SMILES string of the molecule is CCC(C)(C)CC(CBr)C(C)C. The predicted molar refractivity (Wildman–Crippen MR) is 60.8 cm³/mol. The Labute approximate surface area is 86.3 Å². The van der Waals surface area contributed by atoms with Gasteiger partial charge in [-0.3, -0.25) is 0 Å². The molecule has 0 aromatic rings. The Balaban J connectivity index is 4.01. The van der Waals surface area contributed by atoms with E-state index in [2.05, 4.69) is 50.5 Å². The van der Waals surface area contributed by atoms with E-state index in [-0.39, 0.29) is 0 Å². The Hall–Kier alpha value is 0.480. The van der Waals surface area contributed by atoms with Gasteiger partial charge < -0.3 is 0 Å². The lowest BCUT2D eigenvalue weighted by molar-refractivity contribution is 0.234. The van der Waals surface area contributed by atoms with E-state index in [1.54, 1.807) is 0 Å². The van der Waals surface area contributed by atoms with Crippen LogP contribution in [0.2, 0.25) is 0 Å². The van der Waals surface area contributed by atoms with Crippen LogP contribution in [0.3, 0.4) is 0 Å². The van der Waals surface area contributed by atoms with Gasteiger partial charge in [0, 0.05) is 5.33 Å². The smallest absolute Gasteiger partial charge is 0.00623 e.